The van der Waals surface area contributed by atoms with Crippen molar-refractivity contribution in [2.24, 2.45) is 23.5 Å². The van der Waals surface area contributed by atoms with Crippen LogP contribution in [-0.4, -0.2) is 67.7 Å². The first-order valence-corrected chi connectivity index (χ1v) is 14.0. The van der Waals surface area contributed by atoms with Gasteiger partial charge in [0.05, 0.1) is 7.11 Å². The second-order valence-electron chi connectivity index (χ2n) is 11.8. The molecule has 1 unspecified atom stereocenters. The summed E-state index contributed by atoms with van der Waals surface area (Å²) in [6.45, 7) is 5.45. The highest BCUT2D eigenvalue weighted by atomic mass is 19.1. The predicted molar refractivity (Wildman–Crippen MR) is 137 cm³/mol. The average molecular weight is 486 g/mol. The van der Waals surface area contributed by atoms with Crippen LogP contribution in [0, 0.1) is 23.6 Å². The first-order valence-electron chi connectivity index (χ1n) is 14.0. The van der Waals surface area contributed by atoms with Crippen molar-refractivity contribution in [3.63, 3.8) is 0 Å². The Labute approximate surface area is 210 Å². The molecule has 2 N–H and O–H groups in total. The van der Waals surface area contributed by atoms with Crippen molar-refractivity contribution in [3.8, 4) is 0 Å². The monoisotopic (exact) mass is 485 g/mol. The molecule has 1 aromatic rings. The maximum Gasteiger partial charge on any atom is 0.305 e. The molecule has 2 saturated carbocycles. The minimum absolute atomic E-state index is 0.105. The number of methoxy groups -OCH3 is 1. The predicted octanol–water partition coefficient (Wildman–Crippen LogP) is 4.34. The Bertz CT molecular complexity index is 869. The molecule has 0 aromatic heterocycles. The quantitative estimate of drug-likeness (QED) is 0.555. The Kier molecular flexibility index (Phi) is 7.81. The van der Waals surface area contributed by atoms with Crippen molar-refractivity contribution in [2.75, 3.05) is 39.8 Å². The minimum atomic E-state index is -0.143. The highest BCUT2D eigenvalue weighted by Gasteiger charge is 2.53. The maximum atomic E-state index is 14.7. The normalized spacial score (nSPS) is 32.3. The third-order valence-corrected chi connectivity index (χ3v) is 9.99. The second kappa shape index (κ2) is 10.9. The number of nitrogens with zero attached hydrogens (tertiary/aromatic N) is 2. The van der Waals surface area contributed by atoms with Crippen LogP contribution in [0.2, 0.25) is 0 Å². The van der Waals surface area contributed by atoms with E-state index in [-0.39, 0.29) is 17.2 Å². The van der Waals surface area contributed by atoms with Gasteiger partial charge in [-0.05, 0) is 113 Å². The van der Waals surface area contributed by atoms with Gasteiger partial charge in [0.1, 0.15) is 5.82 Å². The fourth-order valence-corrected chi connectivity index (χ4v) is 8.14. The molecule has 1 aromatic carbocycles. The van der Waals surface area contributed by atoms with Crippen LogP contribution in [0.15, 0.2) is 24.3 Å². The van der Waals surface area contributed by atoms with Gasteiger partial charge in [-0.1, -0.05) is 18.6 Å². The van der Waals surface area contributed by atoms with Crippen molar-refractivity contribution in [3.05, 3.63) is 35.6 Å². The van der Waals surface area contributed by atoms with E-state index < -0.39 is 0 Å². The molecular weight excluding hydrogens is 441 g/mol. The molecule has 5 nitrogen and oxygen atoms in total. The summed E-state index contributed by atoms with van der Waals surface area (Å²) in [5.41, 5.74) is 7.27. The topological polar surface area (TPSA) is 58.8 Å². The number of hydrogen-bond donors (Lipinski definition) is 1. The third-order valence-electron chi connectivity index (χ3n) is 9.99. The summed E-state index contributed by atoms with van der Waals surface area (Å²) in [5.74, 6) is 0.916. The maximum absolute atomic E-state index is 14.7. The van der Waals surface area contributed by atoms with Crippen LogP contribution in [0.5, 0.6) is 0 Å². The van der Waals surface area contributed by atoms with Crippen LogP contribution < -0.4 is 5.73 Å². The van der Waals surface area contributed by atoms with Gasteiger partial charge in [0, 0.05) is 30.5 Å². The summed E-state index contributed by atoms with van der Waals surface area (Å²) in [5, 5.41) is 0. The van der Waals surface area contributed by atoms with Gasteiger partial charge in [-0.15, -0.1) is 0 Å². The number of carbonyl (C=O) groups excluding carboxylic acids is 1. The summed E-state index contributed by atoms with van der Waals surface area (Å²) in [7, 11) is 1.50. The first-order chi connectivity index (χ1) is 17.0. The lowest BCUT2D eigenvalue weighted by molar-refractivity contribution is -0.142. The smallest absolute Gasteiger partial charge is 0.305 e. The Morgan fingerprint density at radius 1 is 1.09 bits per heavy atom. The number of esters is 1. The summed E-state index contributed by atoms with van der Waals surface area (Å²) in [6.07, 6.45) is 10.8. The largest absolute Gasteiger partial charge is 0.469 e. The number of ether oxygens (including phenoxy) is 1. The van der Waals surface area contributed by atoms with Gasteiger partial charge in [0.2, 0.25) is 0 Å². The SMILES string of the molecule is COC(=O)C[C@H]1CCC[C@@H]1[C@](CN1CCC1)(c1cccc(F)c1)C1CCN(C2CC[C@H](N)C2)CC1. The number of nitrogens with two attached hydrogens (primary N) is 1. The Hall–Kier alpha value is -1.50. The number of benzene rings is 1. The highest BCUT2D eigenvalue weighted by Crippen LogP contribution is 2.54. The number of piperidine rings is 1. The van der Waals surface area contributed by atoms with Gasteiger partial charge in [-0.3, -0.25) is 4.79 Å². The molecule has 194 valence electrons. The summed E-state index contributed by atoms with van der Waals surface area (Å²) >= 11 is 0. The van der Waals surface area contributed by atoms with E-state index in [4.69, 9.17) is 10.5 Å². The first kappa shape index (κ1) is 25.2. The molecule has 0 radical (unpaired) electrons. The molecule has 2 aliphatic heterocycles. The summed E-state index contributed by atoms with van der Waals surface area (Å²) < 4.78 is 19.9. The van der Waals surface area contributed by atoms with E-state index in [1.54, 1.807) is 6.07 Å². The van der Waals surface area contributed by atoms with Crippen LogP contribution in [0.3, 0.4) is 0 Å². The van der Waals surface area contributed by atoms with Crippen molar-refractivity contribution >= 4 is 5.97 Å². The van der Waals surface area contributed by atoms with E-state index in [1.165, 1.54) is 20.0 Å². The van der Waals surface area contributed by atoms with Gasteiger partial charge in [-0.25, -0.2) is 4.39 Å². The van der Waals surface area contributed by atoms with Crippen molar-refractivity contribution in [1.29, 1.82) is 0 Å². The summed E-state index contributed by atoms with van der Waals surface area (Å²) in [4.78, 5) is 17.7. The van der Waals surface area contributed by atoms with E-state index >= 15 is 0 Å². The van der Waals surface area contributed by atoms with E-state index in [0.29, 0.717) is 36.3 Å². The zero-order valence-electron chi connectivity index (χ0n) is 21.5. The molecular formula is C29H44FN3O2. The van der Waals surface area contributed by atoms with E-state index in [1.807, 2.05) is 12.1 Å². The molecule has 2 saturated heterocycles. The van der Waals surface area contributed by atoms with E-state index in [2.05, 4.69) is 15.9 Å². The molecule has 2 heterocycles. The molecule has 0 bridgehead atoms. The second-order valence-corrected chi connectivity index (χ2v) is 11.8. The third kappa shape index (κ3) is 5.17. The van der Waals surface area contributed by atoms with Crippen LogP contribution in [0.25, 0.3) is 0 Å². The lowest BCUT2D eigenvalue weighted by Gasteiger charge is -2.54. The van der Waals surface area contributed by atoms with E-state index in [9.17, 15) is 9.18 Å². The van der Waals surface area contributed by atoms with Crippen LogP contribution in [0.1, 0.15) is 69.8 Å². The number of likely N-dealkylation sites (tertiary alicyclic amines) is 2. The fraction of sp³-hybridized carbons (Fsp3) is 0.759. The standard InChI is InChI=1S/C29H44FN3O2/c1-35-28(34)17-21-5-2-8-27(21)29(20-32-13-4-14-32,23-6-3-7-24(30)18-23)22-11-15-33(16-12-22)26-10-9-25(31)19-26/h3,6-7,18,21-22,25-27H,2,4-5,8-17,19-20,31H2,1H3/t21-,25+,26?,27+,29+/m1/s1. The molecule has 0 spiro atoms. The van der Waals surface area contributed by atoms with Gasteiger partial charge in [0.15, 0.2) is 0 Å². The molecule has 4 aliphatic rings. The molecule has 35 heavy (non-hydrogen) atoms. The number of halogens is 1. The molecule has 5 atom stereocenters. The molecule has 5 rings (SSSR count). The molecule has 2 aliphatic carbocycles. The van der Waals surface area contributed by atoms with Crippen molar-refractivity contribution in [1.82, 2.24) is 9.80 Å². The minimum Gasteiger partial charge on any atom is -0.469 e. The van der Waals surface area contributed by atoms with Gasteiger partial charge in [0.25, 0.3) is 0 Å². The molecule has 6 heteroatoms. The lowest BCUT2D eigenvalue weighted by atomic mass is 9.56. The average Bonchev–Trinajstić information content (AvgIpc) is 3.48. The lowest BCUT2D eigenvalue weighted by Crippen LogP contribution is -2.57. The van der Waals surface area contributed by atoms with Crippen LogP contribution in [0.4, 0.5) is 4.39 Å². The van der Waals surface area contributed by atoms with Crippen LogP contribution in [-0.2, 0) is 14.9 Å². The van der Waals surface area contributed by atoms with Crippen molar-refractivity contribution in [2.45, 2.75) is 81.7 Å². The Morgan fingerprint density at radius 3 is 2.51 bits per heavy atom. The Morgan fingerprint density at radius 2 is 1.89 bits per heavy atom. The number of carbonyl (C=O) groups is 1. The van der Waals surface area contributed by atoms with E-state index in [0.717, 1.165) is 83.2 Å². The zero-order valence-corrected chi connectivity index (χ0v) is 21.5. The van der Waals surface area contributed by atoms with Crippen molar-refractivity contribution < 1.29 is 13.9 Å². The van der Waals surface area contributed by atoms with Gasteiger partial charge in [-0.2, -0.15) is 0 Å². The highest BCUT2D eigenvalue weighted by molar-refractivity contribution is 5.69. The Balaban J connectivity index is 1.48. The van der Waals surface area contributed by atoms with Gasteiger partial charge >= 0.3 is 5.97 Å². The molecule has 4 fully saturated rings. The number of hydrogen-bond acceptors (Lipinski definition) is 5. The zero-order chi connectivity index (χ0) is 24.4. The van der Waals surface area contributed by atoms with Crippen LogP contribution >= 0.6 is 0 Å². The fourth-order valence-electron chi connectivity index (χ4n) is 8.14. The number of rotatable bonds is 8. The molecule has 0 amide bonds. The van der Waals surface area contributed by atoms with Gasteiger partial charge < -0.3 is 20.3 Å². The summed E-state index contributed by atoms with van der Waals surface area (Å²) in [6, 6.07) is 8.45.